The summed E-state index contributed by atoms with van der Waals surface area (Å²) in [6.45, 7) is 4.92. The van der Waals surface area contributed by atoms with Crippen LogP contribution in [0.2, 0.25) is 0 Å². The van der Waals surface area contributed by atoms with Crippen molar-refractivity contribution in [2.45, 2.75) is 20.1 Å². The van der Waals surface area contributed by atoms with Crippen molar-refractivity contribution in [1.29, 1.82) is 0 Å². The second-order valence-corrected chi connectivity index (χ2v) is 3.42. The molecule has 0 aliphatic carbocycles. The molecule has 5 nitrogen and oxygen atoms in total. The predicted molar refractivity (Wildman–Crippen MR) is 63.6 cm³/mol. The second kappa shape index (κ2) is 7.73. The van der Waals surface area contributed by atoms with Gasteiger partial charge in [0.15, 0.2) is 6.29 Å². The van der Waals surface area contributed by atoms with Crippen LogP contribution in [-0.2, 0) is 9.47 Å². The van der Waals surface area contributed by atoms with Crippen LogP contribution in [0.5, 0.6) is 0 Å². The maximum Gasteiger partial charge on any atom is 0.253 e. The summed E-state index contributed by atoms with van der Waals surface area (Å²) in [5, 5.41) is 2.64. The minimum absolute atomic E-state index is 0.234. The van der Waals surface area contributed by atoms with E-state index in [2.05, 4.69) is 10.3 Å². The highest BCUT2D eigenvalue weighted by molar-refractivity contribution is 5.93. The standard InChI is InChI=1S/C12H17FN2O3/c1-3-17-11(18-4-2)8-15-12(16)9-5-6-10(13)14-7-9/h5-7,11H,3-4,8H2,1-2H3,(H,15,16). The van der Waals surface area contributed by atoms with E-state index in [-0.39, 0.29) is 12.5 Å². The minimum Gasteiger partial charge on any atom is -0.351 e. The molecule has 1 aromatic heterocycles. The van der Waals surface area contributed by atoms with Gasteiger partial charge in [-0.1, -0.05) is 0 Å². The van der Waals surface area contributed by atoms with E-state index in [4.69, 9.17) is 9.47 Å². The third-order valence-corrected chi connectivity index (χ3v) is 2.12. The Balaban J connectivity index is 2.46. The van der Waals surface area contributed by atoms with Crippen molar-refractivity contribution in [2.24, 2.45) is 0 Å². The third-order valence-electron chi connectivity index (χ3n) is 2.12. The van der Waals surface area contributed by atoms with Gasteiger partial charge in [0, 0.05) is 19.4 Å². The monoisotopic (exact) mass is 256 g/mol. The minimum atomic E-state index is -0.618. The molecule has 0 radical (unpaired) electrons. The first-order valence-corrected chi connectivity index (χ1v) is 5.80. The summed E-state index contributed by atoms with van der Waals surface area (Å²) in [6, 6.07) is 2.51. The molecule has 1 aromatic rings. The molecule has 0 aromatic carbocycles. The molecular weight excluding hydrogens is 239 g/mol. The van der Waals surface area contributed by atoms with E-state index < -0.39 is 12.2 Å². The number of pyridine rings is 1. The van der Waals surface area contributed by atoms with Gasteiger partial charge in [0.1, 0.15) is 0 Å². The van der Waals surface area contributed by atoms with Crippen LogP contribution in [-0.4, -0.2) is 36.9 Å². The zero-order chi connectivity index (χ0) is 13.4. The summed E-state index contributed by atoms with van der Waals surface area (Å²) in [5.41, 5.74) is 0.295. The molecule has 0 saturated heterocycles. The molecule has 0 atom stereocenters. The fourth-order valence-electron chi connectivity index (χ4n) is 1.33. The van der Waals surface area contributed by atoms with Crippen molar-refractivity contribution >= 4 is 5.91 Å². The Morgan fingerprint density at radius 2 is 2.06 bits per heavy atom. The van der Waals surface area contributed by atoms with E-state index in [1.165, 1.54) is 12.3 Å². The lowest BCUT2D eigenvalue weighted by Gasteiger charge is -2.17. The number of carbonyl (C=O) groups is 1. The molecule has 0 unspecified atom stereocenters. The zero-order valence-corrected chi connectivity index (χ0v) is 10.5. The summed E-state index contributed by atoms with van der Waals surface area (Å²) in [5.74, 6) is -0.958. The summed E-state index contributed by atoms with van der Waals surface area (Å²) >= 11 is 0. The van der Waals surface area contributed by atoms with Crippen LogP contribution < -0.4 is 5.32 Å². The summed E-state index contributed by atoms with van der Waals surface area (Å²) < 4.78 is 23.1. The van der Waals surface area contributed by atoms with E-state index in [1.807, 2.05) is 13.8 Å². The summed E-state index contributed by atoms with van der Waals surface area (Å²) in [7, 11) is 0. The molecule has 0 saturated carbocycles. The van der Waals surface area contributed by atoms with Gasteiger partial charge in [-0.2, -0.15) is 4.39 Å². The van der Waals surface area contributed by atoms with Crippen molar-refractivity contribution in [1.82, 2.24) is 10.3 Å². The van der Waals surface area contributed by atoms with Crippen LogP contribution in [0.15, 0.2) is 18.3 Å². The quantitative estimate of drug-likeness (QED) is 0.591. The Kier molecular flexibility index (Phi) is 6.24. The van der Waals surface area contributed by atoms with Crippen molar-refractivity contribution < 1.29 is 18.7 Å². The maximum atomic E-state index is 12.6. The number of nitrogens with one attached hydrogen (secondary N) is 1. The molecule has 18 heavy (non-hydrogen) atoms. The van der Waals surface area contributed by atoms with Gasteiger partial charge >= 0.3 is 0 Å². The number of amides is 1. The van der Waals surface area contributed by atoms with Crippen molar-refractivity contribution in [3.8, 4) is 0 Å². The number of aromatic nitrogens is 1. The Morgan fingerprint density at radius 1 is 1.39 bits per heavy atom. The van der Waals surface area contributed by atoms with Gasteiger partial charge in [-0.05, 0) is 26.0 Å². The van der Waals surface area contributed by atoms with Crippen molar-refractivity contribution in [3.63, 3.8) is 0 Å². The van der Waals surface area contributed by atoms with E-state index in [0.29, 0.717) is 18.8 Å². The van der Waals surface area contributed by atoms with Crippen LogP contribution in [0.4, 0.5) is 4.39 Å². The van der Waals surface area contributed by atoms with Gasteiger partial charge < -0.3 is 14.8 Å². The fourth-order valence-corrected chi connectivity index (χ4v) is 1.33. The lowest BCUT2D eigenvalue weighted by molar-refractivity contribution is -0.131. The maximum absolute atomic E-state index is 12.6. The normalized spacial score (nSPS) is 10.7. The molecule has 1 rings (SSSR count). The number of ether oxygens (including phenoxy) is 2. The first kappa shape index (κ1) is 14.5. The Bertz CT molecular complexity index is 364. The highest BCUT2D eigenvalue weighted by Crippen LogP contribution is 2.00. The average molecular weight is 256 g/mol. The van der Waals surface area contributed by atoms with Crippen LogP contribution in [0.25, 0.3) is 0 Å². The van der Waals surface area contributed by atoms with Gasteiger partial charge in [-0.25, -0.2) is 4.98 Å². The summed E-state index contributed by atoms with van der Waals surface area (Å²) in [4.78, 5) is 15.1. The zero-order valence-electron chi connectivity index (χ0n) is 10.5. The molecule has 0 aliphatic heterocycles. The molecule has 0 aliphatic rings. The third kappa shape index (κ3) is 4.77. The lowest BCUT2D eigenvalue weighted by atomic mass is 10.2. The molecule has 1 heterocycles. The fraction of sp³-hybridized carbons (Fsp3) is 0.500. The molecule has 0 spiro atoms. The number of nitrogens with zero attached hydrogens (tertiary/aromatic N) is 1. The second-order valence-electron chi connectivity index (χ2n) is 3.42. The van der Waals surface area contributed by atoms with Crippen LogP contribution >= 0.6 is 0 Å². The van der Waals surface area contributed by atoms with Gasteiger partial charge in [-0.3, -0.25) is 4.79 Å². The van der Waals surface area contributed by atoms with Gasteiger partial charge in [0.2, 0.25) is 5.95 Å². The molecular formula is C12H17FN2O3. The van der Waals surface area contributed by atoms with Crippen LogP contribution in [0.1, 0.15) is 24.2 Å². The predicted octanol–water partition coefficient (Wildman–Crippen LogP) is 1.35. The average Bonchev–Trinajstić information content (AvgIpc) is 2.37. The molecule has 1 amide bonds. The topological polar surface area (TPSA) is 60.5 Å². The first-order chi connectivity index (χ1) is 8.67. The van der Waals surface area contributed by atoms with Gasteiger partial charge in [0.05, 0.1) is 12.1 Å². The van der Waals surface area contributed by atoms with Crippen LogP contribution in [0.3, 0.4) is 0 Å². The SMILES string of the molecule is CCOC(CNC(=O)c1ccc(F)nc1)OCC. The molecule has 6 heteroatoms. The van der Waals surface area contributed by atoms with Gasteiger partial charge in [-0.15, -0.1) is 0 Å². The number of rotatable bonds is 7. The number of hydrogen-bond acceptors (Lipinski definition) is 4. The smallest absolute Gasteiger partial charge is 0.253 e. The molecule has 100 valence electrons. The van der Waals surface area contributed by atoms with E-state index >= 15 is 0 Å². The number of hydrogen-bond donors (Lipinski definition) is 1. The van der Waals surface area contributed by atoms with Gasteiger partial charge in [0.25, 0.3) is 5.91 Å². The van der Waals surface area contributed by atoms with Crippen molar-refractivity contribution in [2.75, 3.05) is 19.8 Å². The Morgan fingerprint density at radius 3 is 2.56 bits per heavy atom. The van der Waals surface area contributed by atoms with E-state index in [0.717, 1.165) is 6.07 Å². The van der Waals surface area contributed by atoms with Crippen molar-refractivity contribution in [3.05, 3.63) is 29.8 Å². The lowest BCUT2D eigenvalue weighted by Crippen LogP contribution is -2.35. The van der Waals surface area contributed by atoms with Crippen LogP contribution in [0, 0.1) is 5.95 Å². The molecule has 0 bridgehead atoms. The first-order valence-electron chi connectivity index (χ1n) is 5.80. The highest BCUT2D eigenvalue weighted by Gasteiger charge is 2.11. The summed E-state index contributed by atoms with van der Waals surface area (Å²) in [6.07, 6.45) is 0.707. The highest BCUT2D eigenvalue weighted by atomic mass is 19.1. The largest absolute Gasteiger partial charge is 0.351 e. The number of halogens is 1. The Hall–Kier alpha value is -1.53. The van der Waals surface area contributed by atoms with E-state index in [9.17, 15) is 9.18 Å². The Labute approximate surface area is 105 Å². The molecule has 1 N–H and O–H groups in total. The number of carbonyl (C=O) groups excluding carboxylic acids is 1. The van der Waals surface area contributed by atoms with E-state index in [1.54, 1.807) is 0 Å². The molecule has 0 fully saturated rings.